The molecule has 0 aliphatic rings. The second-order valence-corrected chi connectivity index (χ2v) is 12.9. The third-order valence-electron chi connectivity index (χ3n) is 10.4. The minimum Gasteiger partial charge on any atom is -0.309 e. The molecule has 0 saturated heterocycles. The third-order valence-corrected chi connectivity index (χ3v) is 10.4. The van der Waals surface area contributed by atoms with Crippen LogP contribution < -0.4 is 0 Å². The van der Waals surface area contributed by atoms with E-state index in [1.807, 2.05) is 0 Å². The Balaban J connectivity index is 1.19. The van der Waals surface area contributed by atoms with Crippen molar-refractivity contribution >= 4 is 75.9 Å². The number of nitrogens with zero attached hydrogens (tertiary/aromatic N) is 2. The Morgan fingerprint density at radius 2 is 0.833 bits per heavy atom. The maximum Gasteiger partial charge on any atom is 0.0548 e. The van der Waals surface area contributed by atoms with E-state index in [4.69, 9.17) is 0 Å². The minimum absolute atomic E-state index is 1.16. The Morgan fingerprint density at radius 1 is 0.292 bits per heavy atom. The number of aromatic nitrogens is 2. The van der Waals surface area contributed by atoms with Crippen LogP contribution in [0.25, 0.3) is 98.4 Å². The maximum atomic E-state index is 2.46. The molecule has 11 rings (SSSR count). The fraction of sp³-hybridized carbons (Fsp3) is 0. The number of hydrogen-bond donors (Lipinski definition) is 0. The zero-order valence-corrected chi connectivity index (χ0v) is 26.1. The van der Waals surface area contributed by atoms with Crippen LogP contribution in [0.4, 0.5) is 0 Å². The van der Waals surface area contributed by atoms with E-state index in [1.54, 1.807) is 0 Å². The van der Waals surface area contributed by atoms with E-state index in [0.29, 0.717) is 0 Å². The molecule has 222 valence electrons. The highest BCUT2D eigenvalue weighted by Gasteiger charge is 2.19. The van der Waals surface area contributed by atoms with Crippen molar-refractivity contribution < 1.29 is 0 Å². The van der Waals surface area contributed by atoms with E-state index in [1.165, 1.54) is 92.7 Å². The lowest BCUT2D eigenvalue weighted by molar-refractivity contribution is 1.17. The van der Waals surface area contributed by atoms with Gasteiger partial charge in [0.1, 0.15) is 0 Å². The quantitative estimate of drug-likeness (QED) is 0.177. The number of benzene rings is 9. The lowest BCUT2D eigenvalue weighted by atomic mass is 9.90. The highest BCUT2D eigenvalue weighted by atomic mass is 15.0. The first kappa shape index (κ1) is 25.8. The second kappa shape index (κ2) is 9.57. The van der Waals surface area contributed by atoms with Gasteiger partial charge < -0.3 is 9.13 Å². The average Bonchev–Trinajstić information content (AvgIpc) is 3.65. The van der Waals surface area contributed by atoms with Gasteiger partial charge in [-0.05, 0) is 92.0 Å². The smallest absolute Gasteiger partial charge is 0.0548 e. The van der Waals surface area contributed by atoms with Crippen LogP contribution >= 0.6 is 0 Å². The van der Waals surface area contributed by atoms with E-state index >= 15 is 0 Å². The Morgan fingerprint density at radius 3 is 1.54 bits per heavy atom. The van der Waals surface area contributed by atoms with E-state index in [0.717, 1.165) is 5.69 Å². The highest BCUT2D eigenvalue weighted by Crippen LogP contribution is 2.42. The average molecular weight is 609 g/mol. The summed E-state index contributed by atoms with van der Waals surface area (Å²) in [5.41, 5.74) is 9.69. The number of rotatable bonds is 3. The molecule has 0 unspecified atom stereocenters. The molecule has 0 spiro atoms. The molecule has 2 heteroatoms. The standard InChI is InChI=1S/C46H28N2/c1-2-13-33(14-3-1)47-41-18-6-4-16-36(41)39-28-44-40(27-43(39)47)37-17-5-7-19-42(37)48(44)34-15-9-12-32(26-34)35-24-22-31-21-20-29-10-8-11-30-23-25-38(35)46(31)45(29)30/h1-28H. The summed E-state index contributed by atoms with van der Waals surface area (Å²) in [5.74, 6) is 0. The molecule has 0 radical (unpaired) electrons. The van der Waals surface area contributed by atoms with Gasteiger partial charge in [0.2, 0.25) is 0 Å². The maximum absolute atomic E-state index is 2.46. The van der Waals surface area contributed by atoms with Gasteiger partial charge in [-0.1, -0.05) is 121 Å². The van der Waals surface area contributed by atoms with E-state index in [2.05, 4.69) is 179 Å². The zero-order chi connectivity index (χ0) is 31.3. The van der Waals surface area contributed by atoms with Gasteiger partial charge in [0.25, 0.3) is 0 Å². The minimum atomic E-state index is 1.16. The van der Waals surface area contributed by atoms with Crippen molar-refractivity contribution in [2.45, 2.75) is 0 Å². The first-order chi connectivity index (χ1) is 23.8. The van der Waals surface area contributed by atoms with Crippen molar-refractivity contribution in [1.29, 1.82) is 0 Å². The Labute approximate surface area is 276 Å². The number of fused-ring (bicyclic) bond motifs is 6. The first-order valence-corrected chi connectivity index (χ1v) is 16.6. The van der Waals surface area contributed by atoms with Crippen molar-refractivity contribution in [1.82, 2.24) is 9.13 Å². The fourth-order valence-electron chi connectivity index (χ4n) is 8.36. The zero-order valence-electron chi connectivity index (χ0n) is 26.1. The summed E-state index contributed by atoms with van der Waals surface area (Å²) in [7, 11) is 0. The van der Waals surface area contributed by atoms with Crippen LogP contribution in [-0.2, 0) is 0 Å². The van der Waals surface area contributed by atoms with Crippen LogP contribution in [0.2, 0.25) is 0 Å². The number of para-hydroxylation sites is 3. The third kappa shape index (κ3) is 3.46. The molecule has 2 heterocycles. The second-order valence-electron chi connectivity index (χ2n) is 12.9. The molecule has 2 nitrogen and oxygen atoms in total. The molecule has 2 aromatic heterocycles. The van der Waals surface area contributed by atoms with Crippen molar-refractivity contribution in [3.05, 3.63) is 170 Å². The van der Waals surface area contributed by atoms with Crippen molar-refractivity contribution in [2.24, 2.45) is 0 Å². The van der Waals surface area contributed by atoms with Crippen molar-refractivity contribution in [3.8, 4) is 22.5 Å². The van der Waals surface area contributed by atoms with E-state index < -0.39 is 0 Å². The van der Waals surface area contributed by atoms with Crippen LogP contribution in [0.3, 0.4) is 0 Å². The molecule has 48 heavy (non-hydrogen) atoms. The first-order valence-electron chi connectivity index (χ1n) is 16.6. The van der Waals surface area contributed by atoms with Crippen LogP contribution in [0, 0.1) is 0 Å². The summed E-state index contributed by atoms with van der Waals surface area (Å²) in [5, 5.41) is 12.9. The van der Waals surface area contributed by atoms with Crippen molar-refractivity contribution in [2.75, 3.05) is 0 Å². The fourth-order valence-corrected chi connectivity index (χ4v) is 8.36. The molecular weight excluding hydrogens is 581 g/mol. The van der Waals surface area contributed by atoms with Gasteiger partial charge in [-0.15, -0.1) is 0 Å². The molecule has 0 aliphatic heterocycles. The lowest BCUT2D eigenvalue weighted by Crippen LogP contribution is -1.95. The molecule has 0 atom stereocenters. The Bertz CT molecular complexity index is 3030. The van der Waals surface area contributed by atoms with Crippen LogP contribution in [0.5, 0.6) is 0 Å². The largest absolute Gasteiger partial charge is 0.309 e. The van der Waals surface area contributed by atoms with Crippen LogP contribution in [-0.4, -0.2) is 9.13 Å². The van der Waals surface area contributed by atoms with Crippen LogP contribution in [0.15, 0.2) is 170 Å². The molecular formula is C46H28N2. The van der Waals surface area contributed by atoms with Gasteiger partial charge in [0.05, 0.1) is 22.1 Å². The Hall–Kier alpha value is -6.38. The van der Waals surface area contributed by atoms with Gasteiger partial charge in [-0.2, -0.15) is 0 Å². The topological polar surface area (TPSA) is 9.86 Å². The van der Waals surface area contributed by atoms with E-state index in [9.17, 15) is 0 Å². The summed E-state index contributed by atoms with van der Waals surface area (Å²) >= 11 is 0. The van der Waals surface area contributed by atoms with Gasteiger partial charge in [-0.25, -0.2) is 0 Å². The predicted molar refractivity (Wildman–Crippen MR) is 204 cm³/mol. The van der Waals surface area contributed by atoms with Crippen molar-refractivity contribution in [3.63, 3.8) is 0 Å². The van der Waals surface area contributed by atoms with Crippen LogP contribution in [0.1, 0.15) is 0 Å². The Kier molecular flexibility index (Phi) is 5.14. The molecule has 0 amide bonds. The summed E-state index contributed by atoms with van der Waals surface area (Å²) in [6.07, 6.45) is 0. The SMILES string of the molecule is c1ccc(-n2c3ccccc3c3cc4c(cc32)c2ccccc2n4-c2cccc(-c3ccc4ccc5cccc6ccc3c4c56)c2)cc1. The molecule has 0 fully saturated rings. The molecule has 0 bridgehead atoms. The van der Waals surface area contributed by atoms with Gasteiger partial charge >= 0.3 is 0 Å². The summed E-state index contributed by atoms with van der Waals surface area (Å²) in [6, 6.07) is 62.5. The molecule has 0 saturated carbocycles. The molecule has 9 aromatic carbocycles. The highest BCUT2D eigenvalue weighted by molar-refractivity contribution is 6.25. The predicted octanol–water partition coefficient (Wildman–Crippen LogP) is 12.4. The summed E-state index contributed by atoms with van der Waals surface area (Å²) in [4.78, 5) is 0. The van der Waals surface area contributed by atoms with Gasteiger partial charge in [0, 0.05) is 32.9 Å². The molecule has 11 aromatic rings. The summed E-state index contributed by atoms with van der Waals surface area (Å²) in [6.45, 7) is 0. The van der Waals surface area contributed by atoms with Gasteiger partial charge in [0.15, 0.2) is 0 Å². The normalized spacial score (nSPS) is 12.2. The molecule has 0 aliphatic carbocycles. The monoisotopic (exact) mass is 608 g/mol. The molecule has 0 N–H and O–H groups in total. The number of hydrogen-bond acceptors (Lipinski definition) is 0. The van der Waals surface area contributed by atoms with Gasteiger partial charge in [-0.3, -0.25) is 0 Å². The lowest BCUT2D eigenvalue weighted by Gasteiger charge is -2.15. The van der Waals surface area contributed by atoms with E-state index in [-0.39, 0.29) is 0 Å². The summed E-state index contributed by atoms with van der Waals surface area (Å²) < 4.78 is 4.86.